The second-order valence-electron chi connectivity index (χ2n) is 5.42. The standard InChI is InChI=1S/C16H18FN3O3S2/c1-11-4-5-12(17)8-14(11)19-15(21)10-24-16-7-6-13(9-18-16)25(22,23)20(2)3/h4-9H,10H2,1-3H3,(H,19,21). The van der Waals surface area contributed by atoms with E-state index in [1.54, 1.807) is 19.1 Å². The molecule has 0 unspecified atom stereocenters. The van der Waals surface area contributed by atoms with Crippen LogP contribution in [-0.4, -0.2) is 43.5 Å². The van der Waals surface area contributed by atoms with Gasteiger partial charge in [-0.1, -0.05) is 17.8 Å². The first-order chi connectivity index (χ1) is 11.7. The Morgan fingerprint density at radius 2 is 2.00 bits per heavy atom. The molecule has 25 heavy (non-hydrogen) atoms. The third-order valence-corrected chi connectivity index (χ3v) is 6.06. The highest BCUT2D eigenvalue weighted by atomic mass is 32.2. The first-order valence-corrected chi connectivity index (χ1v) is 9.70. The molecular weight excluding hydrogens is 365 g/mol. The van der Waals surface area contributed by atoms with E-state index in [9.17, 15) is 17.6 Å². The van der Waals surface area contributed by atoms with Gasteiger partial charge in [-0.25, -0.2) is 22.1 Å². The third kappa shape index (κ3) is 5.00. The van der Waals surface area contributed by atoms with Crippen molar-refractivity contribution in [2.24, 2.45) is 0 Å². The Bertz CT molecular complexity index is 869. The van der Waals surface area contributed by atoms with Gasteiger partial charge in [0.2, 0.25) is 15.9 Å². The van der Waals surface area contributed by atoms with Crippen LogP contribution in [0.3, 0.4) is 0 Å². The van der Waals surface area contributed by atoms with Crippen molar-refractivity contribution >= 4 is 33.4 Å². The number of nitrogens with zero attached hydrogens (tertiary/aromatic N) is 2. The average Bonchev–Trinajstić information content (AvgIpc) is 2.56. The van der Waals surface area contributed by atoms with E-state index in [0.29, 0.717) is 10.7 Å². The molecule has 2 rings (SSSR count). The second kappa shape index (κ2) is 7.94. The summed E-state index contributed by atoms with van der Waals surface area (Å²) in [5.41, 5.74) is 1.18. The summed E-state index contributed by atoms with van der Waals surface area (Å²) in [4.78, 5) is 16.1. The van der Waals surface area contributed by atoms with E-state index in [4.69, 9.17) is 0 Å². The van der Waals surface area contributed by atoms with Crippen molar-refractivity contribution in [3.05, 3.63) is 47.9 Å². The molecule has 0 aliphatic carbocycles. The summed E-state index contributed by atoms with van der Waals surface area (Å²) in [7, 11) is -0.645. The van der Waals surface area contributed by atoms with Crippen molar-refractivity contribution in [3.63, 3.8) is 0 Å². The van der Waals surface area contributed by atoms with Gasteiger partial charge in [0, 0.05) is 26.0 Å². The first kappa shape index (κ1) is 19.4. The summed E-state index contributed by atoms with van der Waals surface area (Å²) < 4.78 is 38.2. The quantitative estimate of drug-likeness (QED) is 0.776. The van der Waals surface area contributed by atoms with Gasteiger partial charge in [0.25, 0.3) is 0 Å². The molecular formula is C16H18FN3O3S2. The topological polar surface area (TPSA) is 79.4 Å². The monoisotopic (exact) mass is 383 g/mol. The fraction of sp³-hybridized carbons (Fsp3) is 0.250. The lowest BCUT2D eigenvalue weighted by atomic mass is 10.2. The molecule has 1 N–H and O–H groups in total. The maximum atomic E-state index is 13.2. The molecule has 1 aromatic heterocycles. The van der Waals surface area contributed by atoms with Gasteiger partial charge in [0.15, 0.2) is 0 Å². The number of sulfonamides is 1. The maximum Gasteiger partial charge on any atom is 0.244 e. The number of halogens is 1. The van der Waals surface area contributed by atoms with Gasteiger partial charge in [-0.2, -0.15) is 0 Å². The van der Waals surface area contributed by atoms with Crippen LogP contribution in [-0.2, 0) is 14.8 Å². The molecule has 6 nitrogen and oxygen atoms in total. The summed E-state index contributed by atoms with van der Waals surface area (Å²) in [5.74, 6) is -0.652. The number of thioether (sulfide) groups is 1. The number of amides is 1. The lowest BCUT2D eigenvalue weighted by Crippen LogP contribution is -2.22. The van der Waals surface area contributed by atoms with Crippen molar-refractivity contribution in [3.8, 4) is 0 Å². The highest BCUT2D eigenvalue weighted by Crippen LogP contribution is 2.20. The van der Waals surface area contributed by atoms with Crippen LogP contribution in [0.15, 0.2) is 46.5 Å². The highest BCUT2D eigenvalue weighted by molar-refractivity contribution is 7.99. The number of carbonyl (C=O) groups excluding carboxylic acids is 1. The van der Waals surface area contributed by atoms with E-state index in [0.717, 1.165) is 21.6 Å². The number of aromatic nitrogens is 1. The number of benzene rings is 1. The molecule has 1 aromatic carbocycles. The zero-order chi connectivity index (χ0) is 18.6. The van der Waals surface area contributed by atoms with E-state index in [2.05, 4.69) is 10.3 Å². The predicted molar refractivity (Wildman–Crippen MR) is 95.6 cm³/mol. The molecule has 9 heteroatoms. The molecule has 0 aliphatic heterocycles. The van der Waals surface area contributed by atoms with Crippen LogP contribution >= 0.6 is 11.8 Å². The van der Waals surface area contributed by atoms with Crippen LogP contribution in [0.4, 0.5) is 10.1 Å². The summed E-state index contributed by atoms with van der Waals surface area (Å²) in [6, 6.07) is 7.16. The number of rotatable bonds is 6. The maximum absolute atomic E-state index is 13.2. The minimum Gasteiger partial charge on any atom is -0.325 e. The Hall–Kier alpha value is -1.97. The summed E-state index contributed by atoms with van der Waals surface area (Å²) >= 11 is 1.16. The number of aryl methyl sites for hydroxylation is 1. The lowest BCUT2D eigenvalue weighted by molar-refractivity contribution is -0.113. The van der Waals surface area contributed by atoms with Crippen molar-refractivity contribution in [1.82, 2.24) is 9.29 Å². The minimum atomic E-state index is -3.53. The van der Waals surface area contributed by atoms with Crippen LogP contribution in [0.1, 0.15) is 5.56 Å². The van der Waals surface area contributed by atoms with E-state index >= 15 is 0 Å². The molecule has 1 amide bonds. The summed E-state index contributed by atoms with van der Waals surface area (Å²) in [6.45, 7) is 1.77. The van der Waals surface area contributed by atoms with Crippen LogP contribution in [0.5, 0.6) is 0 Å². The normalized spacial score (nSPS) is 11.6. The van der Waals surface area contributed by atoms with Crippen molar-refractivity contribution in [1.29, 1.82) is 0 Å². The highest BCUT2D eigenvalue weighted by Gasteiger charge is 2.17. The van der Waals surface area contributed by atoms with Gasteiger partial charge < -0.3 is 5.32 Å². The van der Waals surface area contributed by atoms with Gasteiger partial charge in [0.05, 0.1) is 10.8 Å². The Labute approximate surface area is 150 Å². The molecule has 2 aromatic rings. The summed E-state index contributed by atoms with van der Waals surface area (Å²) in [6.07, 6.45) is 1.26. The van der Waals surface area contributed by atoms with E-state index < -0.39 is 15.8 Å². The number of hydrogen-bond acceptors (Lipinski definition) is 5. The molecule has 0 spiro atoms. The van der Waals surface area contributed by atoms with Gasteiger partial charge in [-0.3, -0.25) is 4.79 Å². The predicted octanol–water partition coefficient (Wildman–Crippen LogP) is 2.51. The van der Waals surface area contributed by atoms with Crippen LogP contribution < -0.4 is 5.32 Å². The molecule has 0 aliphatic rings. The Kier molecular flexibility index (Phi) is 6.15. The molecule has 0 bridgehead atoms. The van der Waals surface area contributed by atoms with E-state index in [-0.39, 0.29) is 16.6 Å². The fourth-order valence-corrected chi connectivity index (χ4v) is 3.36. The van der Waals surface area contributed by atoms with Crippen LogP contribution in [0.2, 0.25) is 0 Å². The Morgan fingerprint density at radius 1 is 1.28 bits per heavy atom. The van der Waals surface area contributed by atoms with E-state index in [1.807, 2.05) is 0 Å². The third-order valence-electron chi connectivity index (χ3n) is 3.31. The summed E-state index contributed by atoms with van der Waals surface area (Å²) in [5, 5.41) is 3.16. The van der Waals surface area contributed by atoms with E-state index in [1.165, 1.54) is 38.5 Å². The SMILES string of the molecule is Cc1ccc(F)cc1NC(=O)CSc1ccc(S(=O)(=O)N(C)C)cn1. The zero-order valence-corrected chi connectivity index (χ0v) is 15.6. The van der Waals surface area contributed by atoms with Crippen molar-refractivity contribution in [2.45, 2.75) is 16.8 Å². The zero-order valence-electron chi connectivity index (χ0n) is 14.0. The molecule has 0 fully saturated rings. The van der Waals surface area contributed by atoms with Crippen molar-refractivity contribution in [2.75, 3.05) is 25.2 Å². The van der Waals surface area contributed by atoms with Crippen molar-refractivity contribution < 1.29 is 17.6 Å². The fourth-order valence-electron chi connectivity index (χ4n) is 1.87. The molecule has 0 saturated carbocycles. The number of nitrogens with one attached hydrogen (secondary N) is 1. The van der Waals surface area contributed by atoms with Gasteiger partial charge >= 0.3 is 0 Å². The second-order valence-corrected chi connectivity index (χ2v) is 8.56. The largest absolute Gasteiger partial charge is 0.325 e. The molecule has 134 valence electrons. The molecule has 0 saturated heterocycles. The minimum absolute atomic E-state index is 0.0722. The van der Waals surface area contributed by atoms with Crippen LogP contribution in [0.25, 0.3) is 0 Å². The van der Waals surface area contributed by atoms with Crippen LogP contribution in [0, 0.1) is 12.7 Å². The Morgan fingerprint density at radius 3 is 2.60 bits per heavy atom. The average molecular weight is 383 g/mol. The van der Waals surface area contributed by atoms with Gasteiger partial charge in [-0.05, 0) is 36.8 Å². The molecule has 0 atom stereocenters. The lowest BCUT2D eigenvalue weighted by Gasteiger charge is -2.11. The number of carbonyl (C=O) groups is 1. The number of hydrogen-bond donors (Lipinski definition) is 1. The molecule has 0 radical (unpaired) electrons. The van der Waals surface area contributed by atoms with Gasteiger partial charge in [-0.15, -0.1) is 0 Å². The number of anilines is 1. The molecule has 1 heterocycles. The van der Waals surface area contributed by atoms with Gasteiger partial charge in [0.1, 0.15) is 10.7 Å². The first-order valence-electron chi connectivity index (χ1n) is 7.27. The Balaban J connectivity index is 1.97. The smallest absolute Gasteiger partial charge is 0.244 e. The number of pyridine rings is 1.